The number of benzene rings is 1. The Balaban J connectivity index is 2.74. The van der Waals surface area contributed by atoms with Crippen LogP contribution in [0.4, 0.5) is 0 Å². The molecule has 0 atom stereocenters. The van der Waals surface area contributed by atoms with Crippen molar-refractivity contribution in [1.29, 1.82) is 0 Å². The Morgan fingerprint density at radius 1 is 1.11 bits per heavy atom. The number of hydrogen-bond donors (Lipinski definition) is 1. The van der Waals surface area contributed by atoms with Gasteiger partial charge >= 0.3 is 0 Å². The highest BCUT2D eigenvalue weighted by atomic mass is 35.5. The maximum absolute atomic E-state index is 6.37. The number of halogens is 1. The quantitative estimate of drug-likeness (QED) is 0.921. The van der Waals surface area contributed by atoms with Gasteiger partial charge in [-0.2, -0.15) is 0 Å². The molecule has 0 radical (unpaired) electrons. The lowest BCUT2D eigenvalue weighted by molar-refractivity contribution is 0.240. The fourth-order valence-electron chi connectivity index (χ4n) is 3.20. The first-order chi connectivity index (χ1) is 9.02. The molecule has 1 aromatic rings. The van der Waals surface area contributed by atoms with Gasteiger partial charge in [0.2, 0.25) is 0 Å². The van der Waals surface area contributed by atoms with Crippen LogP contribution in [0.3, 0.4) is 0 Å². The molecule has 0 saturated heterocycles. The highest BCUT2D eigenvalue weighted by molar-refractivity contribution is 6.33. The summed E-state index contributed by atoms with van der Waals surface area (Å²) in [4.78, 5) is 0. The average molecular weight is 284 g/mol. The van der Waals surface area contributed by atoms with E-state index in [0.29, 0.717) is 11.6 Å². The normalized spacial score (nSPS) is 16.9. The molecule has 0 aliphatic heterocycles. The van der Waals surface area contributed by atoms with Crippen LogP contribution in [-0.4, -0.2) is 20.8 Å². The number of nitrogens with two attached hydrogens (primary N) is 1. The van der Waals surface area contributed by atoms with Crippen molar-refractivity contribution in [3.05, 3.63) is 21.7 Å². The van der Waals surface area contributed by atoms with Crippen LogP contribution in [-0.2, 0) is 5.41 Å². The van der Waals surface area contributed by atoms with Crippen LogP contribution in [0.25, 0.3) is 0 Å². The first kappa shape index (κ1) is 14.5. The first-order valence-corrected chi connectivity index (χ1v) is 7.01. The van der Waals surface area contributed by atoms with Gasteiger partial charge in [0.15, 0.2) is 0 Å². The van der Waals surface area contributed by atoms with Crippen molar-refractivity contribution in [3.8, 4) is 11.5 Å². The molecule has 0 bridgehead atoms. The van der Waals surface area contributed by atoms with E-state index in [1.165, 1.54) is 12.0 Å². The van der Waals surface area contributed by atoms with E-state index in [0.717, 1.165) is 35.5 Å². The van der Waals surface area contributed by atoms with E-state index < -0.39 is 0 Å². The third-order valence-electron chi connectivity index (χ3n) is 4.45. The van der Waals surface area contributed by atoms with Crippen LogP contribution < -0.4 is 15.2 Å². The zero-order valence-corrected chi connectivity index (χ0v) is 12.9. The van der Waals surface area contributed by atoms with Crippen molar-refractivity contribution in [2.24, 2.45) is 5.73 Å². The summed E-state index contributed by atoms with van der Waals surface area (Å²) in [6.07, 6.45) is 3.42. The summed E-state index contributed by atoms with van der Waals surface area (Å²) in [5, 5.41) is 0.632. The van der Waals surface area contributed by atoms with E-state index in [1.54, 1.807) is 14.2 Å². The smallest absolute Gasteiger partial charge is 0.141 e. The van der Waals surface area contributed by atoms with Crippen LogP contribution in [0.5, 0.6) is 11.5 Å². The van der Waals surface area contributed by atoms with E-state index >= 15 is 0 Å². The molecule has 1 saturated carbocycles. The lowest BCUT2D eigenvalue weighted by Crippen LogP contribution is -2.42. The van der Waals surface area contributed by atoms with E-state index in [2.05, 4.69) is 0 Å². The van der Waals surface area contributed by atoms with E-state index in [1.807, 2.05) is 13.8 Å². The standard InChI is InChI=1S/C15H22ClNO2/c1-9-11(15(8-17)6-5-7-15)13(18-3)10(2)12(16)14(9)19-4/h5-8,17H2,1-4H3. The summed E-state index contributed by atoms with van der Waals surface area (Å²) < 4.78 is 11.1. The Kier molecular flexibility index (Phi) is 3.98. The third-order valence-corrected chi connectivity index (χ3v) is 4.91. The van der Waals surface area contributed by atoms with Gasteiger partial charge in [0, 0.05) is 28.7 Å². The number of rotatable bonds is 4. The molecule has 4 heteroatoms. The van der Waals surface area contributed by atoms with Crippen LogP contribution in [0.2, 0.25) is 5.02 Å². The van der Waals surface area contributed by atoms with Crippen molar-refractivity contribution >= 4 is 11.6 Å². The lowest BCUT2D eigenvalue weighted by atomic mass is 9.63. The molecule has 2 rings (SSSR count). The first-order valence-electron chi connectivity index (χ1n) is 6.63. The van der Waals surface area contributed by atoms with Gasteiger partial charge in [-0.05, 0) is 26.7 Å². The van der Waals surface area contributed by atoms with Gasteiger partial charge in [0.1, 0.15) is 11.5 Å². The second-order valence-corrected chi connectivity index (χ2v) is 5.72. The molecule has 1 aromatic carbocycles. The van der Waals surface area contributed by atoms with E-state index in [9.17, 15) is 0 Å². The van der Waals surface area contributed by atoms with Gasteiger partial charge in [-0.15, -0.1) is 0 Å². The number of ether oxygens (including phenoxy) is 2. The highest BCUT2D eigenvalue weighted by Gasteiger charge is 2.42. The molecule has 1 aliphatic rings. The molecule has 0 spiro atoms. The molecule has 0 amide bonds. The van der Waals surface area contributed by atoms with Gasteiger partial charge in [0.05, 0.1) is 19.2 Å². The Labute approximate surface area is 120 Å². The summed E-state index contributed by atoms with van der Waals surface area (Å²) in [6.45, 7) is 4.64. The average Bonchev–Trinajstić information content (AvgIpc) is 2.35. The Bertz CT molecular complexity index is 490. The zero-order chi connectivity index (χ0) is 14.2. The predicted octanol–water partition coefficient (Wildman–Crippen LogP) is 3.35. The summed E-state index contributed by atoms with van der Waals surface area (Å²) in [6, 6.07) is 0. The Morgan fingerprint density at radius 2 is 1.68 bits per heavy atom. The third kappa shape index (κ3) is 2.00. The van der Waals surface area contributed by atoms with Crippen LogP contribution in [0, 0.1) is 13.8 Å². The minimum Gasteiger partial charge on any atom is -0.496 e. The molecule has 1 aliphatic carbocycles. The SMILES string of the molecule is COc1c(C)c(C2(CN)CCC2)c(OC)c(C)c1Cl. The van der Waals surface area contributed by atoms with Gasteiger partial charge in [-0.1, -0.05) is 18.0 Å². The summed E-state index contributed by atoms with van der Waals surface area (Å²) >= 11 is 6.37. The molecule has 19 heavy (non-hydrogen) atoms. The molecule has 0 unspecified atom stereocenters. The van der Waals surface area contributed by atoms with Crippen LogP contribution in [0.15, 0.2) is 0 Å². The molecule has 2 N–H and O–H groups in total. The monoisotopic (exact) mass is 283 g/mol. The second kappa shape index (κ2) is 5.22. The van der Waals surface area contributed by atoms with Crippen molar-refractivity contribution < 1.29 is 9.47 Å². The summed E-state index contributed by atoms with van der Waals surface area (Å²) in [7, 11) is 3.34. The van der Waals surface area contributed by atoms with Gasteiger partial charge < -0.3 is 15.2 Å². The molecule has 0 aromatic heterocycles. The molecule has 0 heterocycles. The fourth-order valence-corrected chi connectivity index (χ4v) is 3.51. The largest absolute Gasteiger partial charge is 0.496 e. The van der Waals surface area contributed by atoms with Crippen molar-refractivity contribution in [2.75, 3.05) is 20.8 Å². The molecular weight excluding hydrogens is 262 g/mol. The maximum Gasteiger partial charge on any atom is 0.141 e. The molecular formula is C15H22ClNO2. The van der Waals surface area contributed by atoms with Gasteiger partial charge in [-0.25, -0.2) is 0 Å². The lowest BCUT2D eigenvalue weighted by Gasteiger charge is -2.43. The number of hydrogen-bond acceptors (Lipinski definition) is 3. The van der Waals surface area contributed by atoms with E-state index in [-0.39, 0.29) is 5.41 Å². The second-order valence-electron chi connectivity index (χ2n) is 5.34. The number of methoxy groups -OCH3 is 2. The summed E-state index contributed by atoms with van der Waals surface area (Å²) in [5.74, 6) is 1.61. The van der Waals surface area contributed by atoms with Crippen LogP contribution >= 0.6 is 11.6 Å². The van der Waals surface area contributed by atoms with E-state index in [4.69, 9.17) is 26.8 Å². The van der Waals surface area contributed by atoms with Crippen molar-refractivity contribution in [2.45, 2.75) is 38.5 Å². The predicted molar refractivity (Wildman–Crippen MR) is 78.6 cm³/mol. The molecule has 106 valence electrons. The minimum atomic E-state index is 0.0258. The van der Waals surface area contributed by atoms with Gasteiger partial charge in [0.25, 0.3) is 0 Å². The molecule has 3 nitrogen and oxygen atoms in total. The maximum atomic E-state index is 6.37. The Hall–Kier alpha value is -0.930. The highest BCUT2D eigenvalue weighted by Crippen LogP contribution is 2.52. The van der Waals surface area contributed by atoms with Crippen molar-refractivity contribution in [1.82, 2.24) is 0 Å². The minimum absolute atomic E-state index is 0.0258. The summed E-state index contributed by atoms with van der Waals surface area (Å²) in [5.41, 5.74) is 9.24. The molecule has 1 fully saturated rings. The Morgan fingerprint density at radius 3 is 2.05 bits per heavy atom. The zero-order valence-electron chi connectivity index (χ0n) is 12.1. The van der Waals surface area contributed by atoms with Crippen LogP contribution in [0.1, 0.15) is 36.0 Å². The topological polar surface area (TPSA) is 44.5 Å². The van der Waals surface area contributed by atoms with Gasteiger partial charge in [-0.3, -0.25) is 0 Å². The fraction of sp³-hybridized carbons (Fsp3) is 0.600. The van der Waals surface area contributed by atoms with Crippen molar-refractivity contribution in [3.63, 3.8) is 0 Å².